The molecule has 5 heteroatoms. The zero-order valence-electron chi connectivity index (χ0n) is 12.2. The van der Waals surface area contributed by atoms with E-state index >= 15 is 0 Å². The van der Waals surface area contributed by atoms with E-state index in [4.69, 9.17) is 16.3 Å². The van der Waals surface area contributed by atoms with Gasteiger partial charge in [0.15, 0.2) is 0 Å². The summed E-state index contributed by atoms with van der Waals surface area (Å²) < 4.78 is 43.2. The highest BCUT2D eigenvalue weighted by molar-refractivity contribution is 6.31. The van der Waals surface area contributed by atoms with Crippen LogP contribution in [0.15, 0.2) is 18.2 Å². The monoisotopic (exact) mass is 318 g/mol. The highest BCUT2D eigenvalue weighted by Crippen LogP contribution is 2.37. The molecule has 1 aliphatic rings. The molecule has 0 N–H and O–H groups in total. The Morgan fingerprint density at radius 2 is 1.86 bits per heavy atom. The summed E-state index contributed by atoms with van der Waals surface area (Å²) in [5.74, 6) is 0.244. The molecular formula is C16H18ClF3O. The van der Waals surface area contributed by atoms with Crippen molar-refractivity contribution >= 4 is 17.7 Å². The lowest BCUT2D eigenvalue weighted by Crippen LogP contribution is -2.33. The number of halogens is 4. The fourth-order valence-electron chi connectivity index (χ4n) is 2.09. The van der Waals surface area contributed by atoms with E-state index in [-0.39, 0.29) is 11.2 Å². The molecule has 0 spiro atoms. The number of ether oxygens (including phenoxy) is 1. The quantitative estimate of drug-likeness (QED) is 0.684. The van der Waals surface area contributed by atoms with Crippen molar-refractivity contribution in [1.82, 2.24) is 0 Å². The Morgan fingerprint density at radius 1 is 1.19 bits per heavy atom. The minimum Gasteiger partial charge on any atom is -0.476 e. The predicted octanol–water partition coefficient (Wildman–Crippen LogP) is 5.66. The Morgan fingerprint density at radius 3 is 2.43 bits per heavy atom. The first-order valence-corrected chi connectivity index (χ1v) is 7.18. The largest absolute Gasteiger partial charge is 0.476 e. The van der Waals surface area contributed by atoms with Gasteiger partial charge in [0.05, 0.1) is 0 Å². The second kappa shape index (κ2) is 5.56. The van der Waals surface area contributed by atoms with E-state index in [1.807, 2.05) is 0 Å². The Kier molecular flexibility index (Phi) is 4.29. The van der Waals surface area contributed by atoms with E-state index in [2.05, 4.69) is 20.8 Å². The summed E-state index contributed by atoms with van der Waals surface area (Å²) in [5.41, 5.74) is 1.54. The second-order valence-corrected chi connectivity index (χ2v) is 6.89. The number of alkyl halides is 3. The van der Waals surface area contributed by atoms with Gasteiger partial charge in [0.1, 0.15) is 5.75 Å². The van der Waals surface area contributed by atoms with E-state index in [9.17, 15) is 13.2 Å². The second-order valence-electron chi connectivity index (χ2n) is 6.48. The van der Waals surface area contributed by atoms with Gasteiger partial charge in [-0.15, -0.1) is 0 Å². The number of fused-ring (bicyclic) bond motifs is 1. The van der Waals surface area contributed by atoms with E-state index < -0.39 is 12.3 Å². The molecule has 116 valence electrons. The lowest BCUT2D eigenvalue weighted by atomic mass is 9.88. The molecule has 0 saturated heterocycles. The van der Waals surface area contributed by atoms with Crippen LogP contribution in [-0.4, -0.2) is 12.3 Å². The van der Waals surface area contributed by atoms with Gasteiger partial charge in [0.25, 0.3) is 0 Å². The summed E-state index contributed by atoms with van der Waals surface area (Å²) in [7, 11) is 0. The van der Waals surface area contributed by atoms with Crippen LogP contribution >= 0.6 is 11.6 Å². The molecular weight excluding hydrogens is 301 g/mol. The Bertz CT molecular complexity index is 556. The molecule has 0 radical (unpaired) electrons. The number of aryl methyl sites for hydroxylation is 1. The molecule has 1 atom stereocenters. The number of benzene rings is 1. The van der Waals surface area contributed by atoms with Gasteiger partial charge in [-0.3, -0.25) is 0 Å². The van der Waals surface area contributed by atoms with Crippen molar-refractivity contribution in [1.29, 1.82) is 0 Å². The van der Waals surface area contributed by atoms with Gasteiger partial charge in [0.2, 0.25) is 6.10 Å². The molecule has 0 fully saturated rings. The fraction of sp³-hybridized carbons (Fsp3) is 0.500. The third-order valence-corrected chi connectivity index (χ3v) is 3.70. The number of rotatable bonds is 2. The predicted molar refractivity (Wildman–Crippen MR) is 78.7 cm³/mol. The Balaban J connectivity index is 2.24. The zero-order chi connectivity index (χ0) is 15.8. The molecule has 0 bridgehead atoms. The molecule has 1 nitrogen and oxygen atoms in total. The average molecular weight is 319 g/mol. The van der Waals surface area contributed by atoms with Gasteiger partial charge in [-0.05, 0) is 42.0 Å². The summed E-state index contributed by atoms with van der Waals surface area (Å²) >= 11 is 6.20. The maximum Gasteiger partial charge on any atom is 0.429 e. The molecule has 0 amide bonds. The highest BCUT2D eigenvalue weighted by Gasteiger charge is 2.41. The van der Waals surface area contributed by atoms with Crippen LogP contribution in [-0.2, 0) is 6.42 Å². The van der Waals surface area contributed by atoms with Crippen molar-refractivity contribution in [2.75, 3.05) is 0 Å². The summed E-state index contributed by atoms with van der Waals surface area (Å²) in [4.78, 5) is 0. The molecule has 1 heterocycles. The molecule has 1 aromatic carbocycles. The zero-order valence-corrected chi connectivity index (χ0v) is 13.0. The summed E-state index contributed by atoms with van der Waals surface area (Å²) in [6.45, 7) is 6.33. The molecule has 1 aliphatic heterocycles. The maximum absolute atomic E-state index is 12.7. The maximum atomic E-state index is 12.7. The molecule has 1 unspecified atom stereocenters. The lowest BCUT2D eigenvalue weighted by Gasteiger charge is -2.25. The molecule has 21 heavy (non-hydrogen) atoms. The Labute approximate surface area is 127 Å². The first-order chi connectivity index (χ1) is 9.56. The van der Waals surface area contributed by atoms with Crippen molar-refractivity contribution in [3.8, 4) is 5.75 Å². The Hall–Kier alpha value is -1.16. The SMILES string of the molecule is CC(C)(C)CCc1cc2c(cc1Cl)C=CC(C(F)(F)F)O2. The topological polar surface area (TPSA) is 9.23 Å². The van der Waals surface area contributed by atoms with Gasteiger partial charge in [-0.25, -0.2) is 0 Å². The molecule has 0 saturated carbocycles. The van der Waals surface area contributed by atoms with Gasteiger partial charge in [-0.2, -0.15) is 13.2 Å². The van der Waals surface area contributed by atoms with Crippen molar-refractivity contribution < 1.29 is 17.9 Å². The smallest absolute Gasteiger partial charge is 0.429 e. The third kappa shape index (κ3) is 4.16. The van der Waals surface area contributed by atoms with E-state index in [0.717, 1.165) is 18.1 Å². The van der Waals surface area contributed by atoms with Crippen LogP contribution in [0.2, 0.25) is 5.02 Å². The molecule has 2 rings (SSSR count). The van der Waals surface area contributed by atoms with E-state index in [1.165, 1.54) is 6.08 Å². The average Bonchev–Trinajstić information content (AvgIpc) is 2.33. The number of hydrogen-bond acceptors (Lipinski definition) is 1. The van der Waals surface area contributed by atoms with Crippen LogP contribution in [0, 0.1) is 5.41 Å². The van der Waals surface area contributed by atoms with Crippen molar-refractivity contribution in [3.05, 3.63) is 34.4 Å². The van der Waals surface area contributed by atoms with Gasteiger partial charge >= 0.3 is 6.18 Å². The van der Waals surface area contributed by atoms with Gasteiger partial charge in [-0.1, -0.05) is 38.4 Å². The first kappa shape index (κ1) is 16.2. The van der Waals surface area contributed by atoms with Crippen molar-refractivity contribution in [2.45, 2.75) is 45.9 Å². The lowest BCUT2D eigenvalue weighted by molar-refractivity contribution is -0.180. The van der Waals surface area contributed by atoms with Crippen LogP contribution in [0.1, 0.15) is 38.3 Å². The minimum absolute atomic E-state index is 0.133. The highest BCUT2D eigenvalue weighted by atomic mass is 35.5. The van der Waals surface area contributed by atoms with Crippen LogP contribution in [0.5, 0.6) is 5.75 Å². The minimum atomic E-state index is -4.40. The van der Waals surface area contributed by atoms with E-state index in [1.54, 1.807) is 12.1 Å². The fourth-order valence-corrected chi connectivity index (χ4v) is 2.35. The van der Waals surface area contributed by atoms with Crippen LogP contribution in [0.3, 0.4) is 0 Å². The number of hydrogen-bond donors (Lipinski definition) is 0. The van der Waals surface area contributed by atoms with Crippen molar-refractivity contribution in [2.24, 2.45) is 5.41 Å². The first-order valence-electron chi connectivity index (χ1n) is 6.80. The van der Waals surface area contributed by atoms with Gasteiger partial charge < -0.3 is 4.74 Å². The summed E-state index contributed by atoms with van der Waals surface area (Å²) in [6.07, 6.45) is -2.27. The van der Waals surface area contributed by atoms with Crippen molar-refractivity contribution in [3.63, 3.8) is 0 Å². The van der Waals surface area contributed by atoms with Crippen LogP contribution < -0.4 is 4.74 Å². The third-order valence-electron chi connectivity index (χ3n) is 3.35. The summed E-state index contributed by atoms with van der Waals surface area (Å²) in [6, 6.07) is 3.30. The van der Waals surface area contributed by atoms with E-state index in [0.29, 0.717) is 17.0 Å². The molecule has 1 aromatic rings. The molecule has 0 aliphatic carbocycles. The normalized spacial score (nSPS) is 18.3. The van der Waals surface area contributed by atoms with Crippen LogP contribution in [0.4, 0.5) is 13.2 Å². The van der Waals surface area contributed by atoms with Crippen LogP contribution in [0.25, 0.3) is 6.08 Å². The molecule has 0 aromatic heterocycles. The summed E-state index contributed by atoms with van der Waals surface area (Å²) in [5, 5.41) is 0.566. The van der Waals surface area contributed by atoms with Gasteiger partial charge in [0, 0.05) is 10.6 Å². The standard InChI is InChI=1S/C16H18ClF3O/c1-15(2,3)7-6-10-9-13-11(8-12(10)17)4-5-14(21-13)16(18,19)20/h4-5,8-9,14H,6-7H2,1-3H3.